The van der Waals surface area contributed by atoms with Gasteiger partial charge in [0.25, 0.3) is 0 Å². The van der Waals surface area contributed by atoms with Crippen LogP contribution >= 0.6 is 11.3 Å². The third-order valence-electron chi connectivity index (χ3n) is 4.92. The van der Waals surface area contributed by atoms with Crippen LogP contribution in [0.4, 0.5) is 0 Å². The smallest absolute Gasteiger partial charge is 0.333 e. The second kappa shape index (κ2) is 9.83. The van der Waals surface area contributed by atoms with Crippen LogP contribution in [-0.2, 0) is 28.8 Å². The highest BCUT2D eigenvalue weighted by Crippen LogP contribution is 2.34. The van der Waals surface area contributed by atoms with E-state index in [9.17, 15) is 9.90 Å². The molecule has 3 rings (SSSR count). The van der Waals surface area contributed by atoms with Gasteiger partial charge in [0, 0.05) is 36.0 Å². The normalized spacial score (nSPS) is 12.9. The molecule has 168 valence electrons. The molecule has 0 amide bonds. The summed E-state index contributed by atoms with van der Waals surface area (Å²) in [5.41, 5.74) is 2.01. The van der Waals surface area contributed by atoms with Crippen molar-refractivity contribution in [2.24, 2.45) is 5.41 Å². The molecule has 1 N–H and O–H groups in total. The summed E-state index contributed by atoms with van der Waals surface area (Å²) in [6, 6.07) is 5.86. The molecule has 31 heavy (non-hydrogen) atoms. The van der Waals surface area contributed by atoms with Gasteiger partial charge in [-0.15, -0.1) is 11.3 Å². The zero-order chi connectivity index (χ0) is 22.6. The van der Waals surface area contributed by atoms with Gasteiger partial charge >= 0.3 is 5.97 Å². The number of aliphatic carboxylic acids is 1. The molecule has 0 spiro atoms. The van der Waals surface area contributed by atoms with Crippen molar-refractivity contribution in [3.8, 4) is 5.75 Å². The van der Waals surface area contributed by atoms with Crippen molar-refractivity contribution in [2.45, 2.75) is 60.0 Å². The van der Waals surface area contributed by atoms with Gasteiger partial charge in [-0.3, -0.25) is 0 Å². The average molecular weight is 446 g/mol. The molecule has 0 aliphatic rings. The Hall–Kier alpha value is -2.38. The van der Waals surface area contributed by atoms with Crippen LogP contribution in [0.5, 0.6) is 5.75 Å². The minimum Gasteiger partial charge on any atom is -0.493 e. The quantitative estimate of drug-likeness (QED) is 0.447. The Bertz CT molecular complexity index is 1030. The number of nitrogens with zero attached hydrogens (tertiary/aromatic N) is 1. The van der Waals surface area contributed by atoms with E-state index in [0.717, 1.165) is 45.2 Å². The standard InChI is InChI=1S/C24H31NO5S/c1-6-28-20(23(26)27)13-16-7-8-19(17-10-12-31-22(16)17)29-11-9-18-15(2)30-21(25-18)14-24(3,4)5/h7-8,10,12,20H,6,9,11,13-14H2,1-5H3,(H,26,27). The monoisotopic (exact) mass is 445 g/mol. The van der Waals surface area contributed by atoms with Gasteiger partial charge in [0.1, 0.15) is 11.5 Å². The lowest BCUT2D eigenvalue weighted by molar-refractivity contribution is -0.149. The van der Waals surface area contributed by atoms with E-state index in [1.807, 2.05) is 30.5 Å². The molecule has 0 aliphatic heterocycles. The van der Waals surface area contributed by atoms with Crippen molar-refractivity contribution in [1.29, 1.82) is 0 Å². The van der Waals surface area contributed by atoms with E-state index in [2.05, 4.69) is 25.8 Å². The van der Waals surface area contributed by atoms with Gasteiger partial charge in [-0.1, -0.05) is 26.8 Å². The molecule has 0 fully saturated rings. The largest absolute Gasteiger partial charge is 0.493 e. The van der Waals surface area contributed by atoms with Crippen molar-refractivity contribution in [1.82, 2.24) is 4.98 Å². The first-order chi connectivity index (χ1) is 14.7. The number of ether oxygens (including phenoxy) is 2. The van der Waals surface area contributed by atoms with Crippen molar-refractivity contribution >= 4 is 27.4 Å². The Labute approximate surface area is 187 Å². The van der Waals surface area contributed by atoms with Gasteiger partial charge in [-0.2, -0.15) is 0 Å². The van der Waals surface area contributed by atoms with Gasteiger partial charge in [0.05, 0.1) is 12.3 Å². The van der Waals surface area contributed by atoms with Gasteiger partial charge in [-0.05, 0) is 42.3 Å². The lowest BCUT2D eigenvalue weighted by atomic mass is 9.92. The Morgan fingerprint density at radius 3 is 2.74 bits per heavy atom. The van der Waals surface area contributed by atoms with Crippen LogP contribution in [0.2, 0.25) is 0 Å². The third-order valence-corrected chi connectivity index (χ3v) is 5.91. The number of rotatable bonds is 10. The Morgan fingerprint density at radius 1 is 1.29 bits per heavy atom. The van der Waals surface area contributed by atoms with E-state index in [-0.39, 0.29) is 5.41 Å². The molecule has 3 aromatic rings. The van der Waals surface area contributed by atoms with Crippen LogP contribution in [-0.4, -0.2) is 35.4 Å². The van der Waals surface area contributed by atoms with Crippen molar-refractivity contribution < 1.29 is 23.8 Å². The van der Waals surface area contributed by atoms with Crippen LogP contribution < -0.4 is 4.74 Å². The molecule has 1 atom stereocenters. The number of aromatic nitrogens is 1. The van der Waals surface area contributed by atoms with E-state index in [0.29, 0.717) is 26.1 Å². The fourth-order valence-corrected chi connectivity index (χ4v) is 4.44. The molecular weight excluding hydrogens is 414 g/mol. The maximum Gasteiger partial charge on any atom is 0.333 e. The zero-order valence-electron chi connectivity index (χ0n) is 18.9. The Morgan fingerprint density at radius 2 is 2.06 bits per heavy atom. The minimum absolute atomic E-state index is 0.124. The first-order valence-corrected chi connectivity index (χ1v) is 11.5. The second-order valence-corrected chi connectivity index (χ2v) is 9.74. The summed E-state index contributed by atoms with van der Waals surface area (Å²) < 4.78 is 18.3. The van der Waals surface area contributed by atoms with Gasteiger partial charge < -0.3 is 19.0 Å². The van der Waals surface area contributed by atoms with Crippen molar-refractivity contribution in [2.75, 3.05) is 13.2 Å². The zero-order valence-corrected chi connectivity index (χ0v) is 19.7. The van der Waals surface area contributed by atoms with E-state index >= 15 is 0 Å². The predicted octanol–water partition coefficient (Wildman–Crippen LogP) is 5.44. The predicted molar refractivity (Wildman–Crippen MR) is 122 cm³/mol. The summed E-state index contributed by atoms with van der Waals surface area (Å²) in [7, 11) is 0. The number of carboxylic acids is 1. The van der Waals surface area contributed by atoms with Crippen LogP contribution in [0, 0.1) is 12.3 Å². The van der Waals surface area contributed by atoms with E-state index in [1.165, 1.54) is 0 Å². The summed E-state index contributed by atoms with van der Waals surface area (Å²) in [5, 5.41) is 12.4. The van der Waals surface area contributed by atoms with Crippen LogP contribution in [0.25, 0.3) is 10.1 Å². The summed E-state index contributed by atoms with van der Waals surface area (Å²) in [5.74, 6) is 1.46. The summed E-state index contributed by atoms with van der Waals surface area (Å²) in [4.78, 5) is 16.1. The molecule has 0 aliphatic carbocycles. The SMILES string of the molecule is CCOC(Cc1ccc(OCCc2nc(CC(C)(C)C)oc2C)c2ccsc12)C(=O)O. The first kappa shape index (κ1) is 23.3. The number of benzene rings is 1. The number of fused-ring (bicyclic) bond motifs is 1. The molecular formula is C24H31NO5S. The van der Waals surface area contributed by atoms with E-state index in [4.69, 9.17) is 13.9 Å². The molecule has 7 heteroatoms. The molecule has 0 saturated heterocycles. The maximum atomic E-state index is 11.5. The fourth-order valence-electron chi connectivity index (χ4n) is 3.51. The summed E-state index contributed by atoms with van der Waals surface area (Å²) in [6.07, 6.45) is 0.942. The van der Waals surface area contributed by atoms with Crippen LogP contribution in [0.1, 0.15) is 50.6 Å². The third kappa shape index (κ3) is 6.08. The van der Waals surface area contributed by atoms with Gasteiger partial charge in [0.15, 0.2) is 12.0 Å². The van der Waals surface area contributed by atoms with Crippen LogP contribution in [0.3, 0.4) is 0 Å². The lowest BCUT2D eigenvalue weighted by Gasteiger charge is -2.14. The van der Waals surface area contributed by atoms with Crippen molar-refractivity contribution in [3.05, 3.63) is 46.5 Å². The number of oxazole rings is 1. The number of hydrogen-bond donors (Lipinski definition) is 1. The summed E-state index contributed by atoms with van der Waals surface area (Å²) in [6.45, 7) is 11.1. The molecule has 2 aromatic heterocycles. The number of aryl methyl sites for hydroxylation is 1. The topological polar surface area (TPSA) is 81.8 Å². The number of carbonyl (C=O) groups is 1. The molecule has 0 bridgehead atoms. The average Bonchev–Trinajstić information content (AvgIpc) is 3.28. The maximum absolute atomic E-state index is 11.5. The second-order valence-electron chi connectivity index (χ2n) is 8.82. The molecule has 0 saturated carbocycles. The first-order valence-electron chi connectivity index (χ1n) is 10.6. The van der Waals surface area contributed by atoms with Crippen LogP contribution in [0.15, 0.2) is 28.0 Å². The Balaban J connectivity index is 1.68. The lowest BCUT2D eigenvalue weighted by Crippen LogP contribution is -2.26. The van der Waals surface area contributed by atoms with E-state index < -0.39 is 12.1 Å². The highest BCUT2D eigenvalue weighted by molar-refractivity contribution is 7.17. The molecule has 0 radical (unpaired) electrons. The van der Waals surface area contributed by atoms with Gasteiger partial charge in [-0.25, -0.2) is 9.78 Å². The molecule has 6 nitrogen and oxygen atoms in total. The van der Waals surface area contributed by atoms with E-state index in [1.54, 1.807) is 18.3 Å². The summed E-state index contributed by atoms with van der Waals surface area (Å²) >= 11 is 1.58. The van der Waals surface area contributed by atoms with Gasteiger partial charge in [0.2, 0.25) is 0 Å². The van der Waals surface area contributed by atoms with Crippen molar-refractivity contribution in [3.63, 3.8) is 0 Å². The minimum atomic E-state index is -0.944. The molecule has 1 unspecified atom stereocenters. The number of thiophene rings is 1. The fraction of sp³-hybridized carbons (Fsp3) is 0.500. The Kier molecular flexibility index (Phi) is 7.38. The number of carboxylic acid groups (broad SMARTS) is 1. The highest BCUT2D eigenvalue weighted by atomic mass is 32.1. The number of hydrogen-bond acceptors (Lipinski definition) is 6. The molecule has 1 aromatic carbocycles. The highest BCUT2D eigenvalue weighted by Gasteiger charge is 2.21. The molecule has 2 heterocycles.